The summed E-state index contributed by atoms with van der Waals surface area (Å²) in [5.41, 5.74) is 21.1. The van der Waals surface area contributed by atoms with Crippen molar-refractivity contribution in [2.24, 2.45) is 28.2 Å². The number of rotatable bonds is 12. The molecule has 17 aromatic rings. The second-order valence-electron chi connectivity index (χ2n) is 35.2. The zero-order chi connectivity index (χ0) is 84.6. The highest BCUT2D eigenvalue weighted by Crippen LogP contribution is 2.52. The molecule has 0 N–H and O–H groups in total. The molecule has 17 heteroatoms. The van der Waals surface area contributed by atoms with Crippen LogP contribution in [-0.4, -0.2) is 67.6 Å². The van der Waals surface area contributed by atoms with Crippen LogP contribution in [0.1, 0.15) is 128 Å². The number of furan rings is 3. The van der Waals surface area contributed by atoms with E-state index in [2.05, 4.69) is 427 Å². The van der Waals surface area contributed by atoms with Gasteiger partial charge in [-0.3, -0.25) is 9.80 Å². The fourth-order valence-electron chi connectivity index (χ4n) is 20.8. The van der Waals surface area contributed by atoms with E-state index < -0.39 is 0 Å². The molecule has 0 amide bonds. The molecule has 0 fully saturated rings. The maximum absolute atomic E-state index is 6.22. The van der Waals surface area contributed by atoms with Gasteiger partial charge in [-0.1, -0.05) is 140 Å². The molecule has 7 aromatic heterocycles. The largest absolute Gasteiger partial charge is 0.456 e. The first kappa shape index (κ1) is 78.9. The number of aryl methyl sites for hydroxylation is 8. The van der Waals surface area contributed by atoms with Crippen LogP contribution in [-0.2, 0) is 50.3 Å². The van der Waals surface area contributed by atoms with Crippen molar-refractivity contribution in [2.45, 2.75) is 158 Å². The Bertz CT molecular complexity index is 6730. The average molecular weight is 1600 g/mol. The molecule has 4 atom stereocenters. The van der Waals surface area contributed by atoms with Gasteiger partial charge in [-0.15, -0.1) is 0 Å². The summed E-state index contributed by atoms with van der Waals surface area (Å²) in [6.07, 6.45) is 19.7. The lowest BCUT2D eigenvalue weighted by atomic mass is 9.85. The highest BCUT2D eigenvalue weighted by Gasteiger charge is 2.46. The van der Waals surface area contributed by atoms with Crippen LogP contribution in [0.5, 0.6) is 0 Å². The number of nitrogens with zero attached hydrogens (tertiary/aromatic N) is 14. The third kappa shape index (κ3) is 12.9. The van der Waals surface area contributed by atoms with Gasteiger partial charge in [-0.25, -0.2) is 9.97 Å². The van der Waals surface area contributed by atoms with Crippen LogP contribution in [0.2, 0.25) is 0 Å². The summed E-state index contributed by atoms with van der Waals surface area (Å²) in [6.45, 7) is 36.3. The van der Waals surface area contributed by atoms with Gasteiger partial charge in [-0.2, -0.15) is 0 Å². The Morgan fingerprint density at radius 3 is 1.26 bits per heavy atom. The molecule has 0 saturated heterocycles. The van der Waals surface area contributed by atoms with Crippen molar-refractivity contribution in [3.8, 4) is 0 Å². The topological polar surface area (TPSA) is 111 Å². The smallest absolute Gasteiger partial charge is 0.212 e. The molecule has 614 valence electrons. The van der Waals surface area contributed by atoms with Crippen molar-refractivity contribution in [1.29, 1.82) is 0 Å². The van der Waals surface area contributed by atoms with E-state index in [1.807, 2.05) is 54.3 Å². The van der Waals surface area contributed by atoms with E-state index in [4.69, 9.17) is 18.2 Å². The number of hydrogen-bond donors (Lipinski definition) is 0. The van der Waals surface area contributed by atoms with E-state index in [-0.39, 0.29) is 46.8 Å². The standard InChI is InChI=1S/C29H29N3O.C26H28N4.C25H27N3O.C24H26N4O/c1-19-14-15-25-27(22-11-7-9-13-24(22)33-25)28(19)29(3,4)32-17-16-31(20(32)2)26-18-21-10-6-8-12-23(21)30(26)5;1-18-12-6-7-13-20(18)26(3,4)30-19(2)29(23-16-10-11-17-24(23)30)25-27-21-14-8-9-15-22(21)28(25)5;1-17-12-13-21-23(19-9-6-7-10-20(19)29-21)24(17)25(3,4)28-16-15-27(18(28)2)22-11-8-14-26(22)5;1-16-10-11-20-21(18-8-6-7-9-19(18)29-20)22(16)24(3,4)28-15-14-27(17(28)2)23-25-12-13-26(23)5/h6-18,20H,1-5H3;6-17,19H,1-5H3;6-16,18H,1-5H3;6-15,17H,1-5H3/t20-;19-;18-;17-/m1111/s1. The molecular formula is C104H110N14O3. The van der Waals surface area contributed by atoms with Crippen LogP contribution in [0.3, 0.4) is 0 Å². The van der Waals surface area contributed by atoms with Crippen LogP contribution in [0, 0.1) is 27.7 Å². The van der Waals surface area contributed by atoms with Gasteiger partial charge in [-0.05, 0) is 240 Å². The third-order valence-corrected chi connectivity index (χ3v) is 26.5. The molecule has 0 bridgehead atoms. The van der Waals surface area contributed by atoms with Gasteiger partial charge >= 0.3 is 0 Å². The van der Waals surface area contributed by atoms with E-state index in [1.165, 1.54) is 111 Å². The highest BCUT2D eigenvalue weighted by atomic mass is 16.3. The second-order valence-corrected chi connectivity index (χ2v) is 35.2. The zero-order valence-electron chi connectivity index (χ0n) is 73.4. The lowest BCUT2D eigenvalue weighted by molar-refractivity contribution is 0.153. The van der Waals surface area contributed by atoms with E-state index in [9.17, 15) is 0 Å². The van der Waals surface area contributed by atoms with Crippen molar-refractivity contribution in [1.82, 2.24) is 42.9 Å². The predicted octanol–water partition coefficient (Wildman–Crippen LogP) is 25.0. The summed E-state index contributed by atoms with van der Waals surface area (Å²) in [5, 5.41) is 8.46. The molecule has 121 heavy (non-hydrogen) atoms. The molecule has 11 heterocycles. The van der Waals surface area contributed by atoms with Crippen molar-refractivity contribution in [3.05, 3.63) is 325 Å². The molecule has 21 rings (SSSR count). The first-order valence-electron chi connectivity index (χ1n) is 42.4. The summed E-state index contributed by atoms with van der Waals surface area (Å²) in [4.78, 5) is 28.7. The van der Waals surface area contributed by atoms with Gasteiger partial charge in [0.2, 0.25) is 11.9 Å². The minimum atomic E-state index is -0.245. The molecule has 10 aromatic carbocycles. The molecule has 0 aliphatic carbocycles. The number of para-hydroxylation sites is 8. The predicted molar refractivity (Wildman–Crippen MR) is 500 cm³/mol. The summed E-state index contributed by atoms with van der Waals surface area (Å²) in [7, 11) is 8.37. The fraction of sp³-hybridized carbons (Fsp3) is 0.269. The van der Waals surface area contributed by atoms with E-state index in [0.29, 0.717) is 0 Å². The first-order chi connectivity index (χ1) is 58.1. The molecule has 4 aliphatic heterocycles. The fourth-order valence-corrected chi connectivity index (χ4v) is 20.8. The maximum atomic E-state index is 6.22. The van der Waals surface area contributed by atoms with Crippen LogP contribution in [0.25, 0.3) is 87.8 Å². The number of imidazole rings is 2. The van der Waals surface area contributed by atoms with Crippen LogP contribution in [0.4, 0.5) is 34.9 Å². The normalized spacial score (nSPS) is 16.9. The van der Waals surface area contributed by atoms with E-state index in [1.54, 1.807) is 0 Å². The third-order valence-electron chi connectivity index (χ3n) is 26.5. The Morgan fingerprint density at radius 1 is 0.339 bits per heavy atom. The highest BCUT2D eigenvalue weighted by molar-refractivity contribution is 6.10. The van der Waals surface area contributed by atoms with E-state index >= 15 is 0 Å². The number of aromatic nitrogens is 6. The summed E-state index contributed by atoms with van der Waals surface area (Å²) >= 11 is 0. The van der Waals surface area contributed by atoms with Gasteiger partial charge in [0.05, 0.1) is 44.6 Å². The second kappa shape index (κ2) is 29.9. The van der Waals surface area contributed by atoms with Gasteiger partial charge in [0.25, 0.3) is 0 Å². The number of hydrogen-bond acceptors (Lipinski definition) is 13. The number of benzene rings is 10. The maximum Gasteiger partial charge on any atom is 0.212 e. The molecular weight excluding hydrogens is 1490 g/mol. The van der Waals surface area contributed by atoms with Crippen molar-refractivity contribution < 1.29 is 13.3 Å². The van der Waals surface area contributed by atoms with E-state index in [0.717, 1.165) is 56.4 Å². The SMILES string of the molecule is Cc1ccc2oc3ccccc3c2c1C(C)(C)N1C=CN(c2cc3ccccc3n2C)[C@H]1C.Cc1ccc2oc3ccccc3c2c1C(C)(C)N1C=CN(c2cccn2C)[C@H]1C.Cc1ccc2oc3ccccc3c2c1C(C)(C)N1C=CN(c2nccn2C)[C@H]1C.Cc1ccccc1C(C)(C)N1c2ccccc2N(c2nc3ccccc3n2C)[C@H]1C. The average Bonchev–Trinajstić information content (AvgIpc) is 1.57. The Balaban J connectivity index is 0.000000111. The van der Waals surface area contributed by atoms with Gasteiger partial charge in [0.15, 0.2) is 0 Å². The Morgan fingerprint density at radius 2 is 0.777 bits per heavy atom. The summed E-state index contributed by atoms with van der Waals surface area (Å²) in [5.74, 6) is 4.30. The Kier molecular flexibility index (Phi) is 19.5. The lowest BCUT2D eigenvalue weighted by Gasteiger charge is -2.43. The molecule has 0 spiro atoms. The Labute approximate surface area is 709 Å². The molecule has 4 aliphatic rings. The van der Waals surface area contributed by atoms with Crippen molar-refractivity contribution in [2.75, 3.05) is 24.5 Å². The summed E-state index contributed by atoms with van der Waals surface area (Å²) in [6, 6.07) is 78.7. The zero-order valence-corrected chi connectivity index (χ0v) is 73.4. The number of anilines is 6. The lowest BCUT2D eigenvalue weighted by Crippen LogP contribution is -2.49. The quantitative estimate of drug-likeness (QED) is 0.116. The van der Waals surface area contributed by atoms with Gasteiger partial charge in [0, 0.05) is 127 Å². The van der Waals surface area contributed by atoms with Crippen molar-refractivity contribution >= 4 is 123 Å². The molecule has 0 unspecified atom stereocenters. The molecule has 0 radical (unpaired) electrons. The minimum Gasteiger partial charge on any atom is -0.456 e. The first-order valence-corrected chi connectivity index (χ1v) is 42.4. The van der Waals surface area contributed by atoms with Crippen LogP contribution >= 0.6 is 0 Å². The number of fused-ring (bicyclic) bond motifs is 12. The van der Waals surface area contributed by atoms with Gasteiger partial charge < -0.3 is 60.9 Å². The Hall–Kier alpha value is -13.3. The van der Waals surface area contributed by atoms with Crippen LogP contribution < -0.4 is 24.5 Å². The van der Waals surface area contributed by atoms with Gasteiger partial charge in [0.1, 0.15) is 69.8 Å². The van der Waals surface area contributed by atoms with Crippen molar-refractivity contribution in [3.63, 3.8) is 0 Å². The van der Waals surface area contributed by atoms with Crippen LogP contribution in [0.15, 0.2) is 293 Å². The molecule has 17 nitrogen and oxygen atoms in total. The monoisotopic (exact) mass is 1600 g/mol. The summed E-state index contributed by atoms with van der Waals surface area (Å²) < 4.78 is 27.3. The minimum absolute atomic E-state index is 0.118. The molecule has 0 saturated carbocycles.